The smallest absolute Gasteiger partial charge is 0.110 e. The number of hydrogen-bond donors (Lipinski definition) is 1. The van der Waals surface area contributed by atoms with Crippen LogP contribution in [0.1, 0.15) is 42.7 Å². The van der Waals surface area contributed by atoms with Crippen LogP contribution in [0, 0.1) is 6.92 Å². The summed E-state index contributed by atoms with van der Waals surface area (Å²) in [6.07, 6.45) is 5.90. The number of aryl methyl sites for hydroxylation is 2. The Labute approximate surface area is 118 Å². The molecule has 2 rings (SSSR count). The Bertz CT molecular complexity index is 505. The van der Waals surface area contributed by atoms with Crippen molar-refractivity contribution in [3.05, 3.63) is 28.8 Å². The average Bonchev–Trinajstić information content (AvgIpc) is 3.03. The van der Waals surface area contributed by atoms with Gasteiger partial charge in [0.05, 0.1) is 16.6 Å². The van der Waals surface area contributed by atoms with E-state index in [2.05, 4.69) is 38.3 Å². The monoisotopic (exact) mass is 279 g/mol. The zero-order chi connectivity index (χ0) is 13.7. The van der Waals surface area contributed by atoms with Crippen LogP contribution in [0.4, 0.5) is 0 Å². The highest BCUT2D eigenvalue weighted by Gasteiger charge is 2.19. The van der Waals surface area contributed by atoms with Crippen LogP contribution in [0.3, 0.4) is 0 Å². The minimum absolute atomic E-state index is 0.257. The summed E-state index contributed by atoms with van der Waals surface area (Å²) >= 11 is 1.48. The van der Waals surface area contributed by atoms with Gasteiger partial charge in [0.2, 0.25) is 0 Å². The summed E-state index contributed by atoms with van der Waals surface area (Å²) in [7, 11) is 0. The van der Waals surface area contributed by atoms with Gasteiger partial charge in [-0.1, -0.05) is 11.4 Å². The number of nitrogens with one attached hydrogen (secondary N) is 1. The van der Waals surface area contributed by atoms with E-state index < -0.39 is 0 Å². The molecule has 0 saturated heterocycles. The molecule has 104 valence electrons. The van der Waals surface area contributed by atoms with Crippen LogP contribution >= 0.6 is 11.5 Å². The lowest BCUT2D eigenvalue weighted by molar-refractivity contribution is 0.510. The number of aromatic nitrogens is 4. The number of hydrogen-bond acceptors (Lipinski definition) is 5. The minimum Gasteiger partial charge on any atom is -0.335 e. The van der Waals surface area contributed by atoms with E-state index in [0.717, 1.165) is 37.4 Å². The molecular weight excluding hydrogens is 258 g/mol. The van der Waals surface area contributed by atoms with E-state index in [4.69, 9.17) is 0 Å². The second-order valence-corrected chi connectivity index (χ2v) is 5.35. The third-order valence-electron chi connectivity index (χ3n) is 3.17. The van der Waals surface area contributed by atoms with Gasteiger partial charge in [-0.3, -0.25) is 0 Å². The van der Waals surface area contributed by atoms with Crippen molar-refractivity contribution < 1.29 is 0 Å². The molecule has 2 heterocycles. The minimum atomic E-state index is 0.257. The second kappa shape index (κ2) is 6.77. The summed E-state index contributed by atoms with van der Waals surface area (Å²) < 4.78 is 6.23. The molecule has 0 aliphatic heterocycles. The van der Waals surface area contributed by atoms with Crippen molar-refractivity contribution in [1.29, 1.82) is 0 Å². The van der Waals surface area contributed by atoms with Gasteiger partial charge in [-0.25, -0.2) is 4.98 Å². The first-order chi connectivity index (χ1) is 9.26. The van der Waals surface area contributed by atoms with E-state index in [0.29, 0.717) is 0 Å². The van der Waals surface area contributed by atoms with Gasteiger partial charge in [-0.05, 0) is 38.3 Å². The first-order valence-electron chi connectivity index (χ1n) is 6.78. The maximum absolute atomic E-state index is 4.46. The molecule has 0 aliphatic rings. The molecule has 0 amide bonds. The lowest BCUT2D eigenvalue weighted by Crippen LogP contribution is -2.25. The normalized spacial score (nSPS) is 12.8. The third kappa shape index (κ3) is 3.39. The van der Waals surface area contributed by atoms with Gasteiger partial charge in [0.1, 0.15) is 5.82 Å². The van der Waals surface area contributed by atoms with Crippen molar-refractivity contribution in [3.63, 3.8) is 0 Å². The van der Waals surface area contributed by atoms with Crippen molar-refractivity contribution in [2.24, 2.45) is 0 Å². The second-order valence-electron chi connectivity index (χ2n) is 4.56. The van der Waals surface area contributed by atoms with Crippen molar-refractivity contribution in [1.82, 2.24) is 24.5 Å². The van der Waals surface area contributed by atoms with Gasteiger partial charge < -0.3 is 9.88 Å². The van der Waals surface area contributed by atoms with Crippen molar-refractivity contribution in [2.75, 3.05) is 6.54 Å². The molecule has 19 heavy (non-hydrogen) atoms. The molecular formula is C13H21N5S. The Morgan fingerprint density at radius 2 is 2.26 bits per heavy atom. The summed E-state index contributed by atoms with van der Waals surface area (Å²) in [6.45, 7) is 8.28. The number of imidazole rings is 1. The SMILES string of the molecule is CCCNC(Cc1nccn1CC)c1snnc1C. The molecule has 0 aromatic carbocycles. The zero-order valence-corrected chi connectivity index (χ0v) is 12.6. The van der Waals surface area contributed by atoms with Crippen molar-refractivity contribution in [2.45, 2.75) is 46.2 Å². The standard InChI is InChI=1S/C13H21N5S/c1-4-6-14-11(13-10(3)16-17-19-13)9-12-15-7-8-18(12)5-2/h7-8,11,14H,4-6,9H2,1-3H3. The maximum Gasteiger partial charge on any atom is 0.110 e. The van der Waals surface area contributed by atoms with Gasteiger partial charge in [0, 0.05) is 25.4 Å². The largest absolute Gasteiger partial charge is 0.335 e. The number of rotatable bonds is 7. The Kier molecular flexibility index (Phi) is 5.04. The molecule has 0 aliphatic carbocycles. The molecule has 0 spiro atoms. The third-order valence-corrected chi connectivity index (χ3v) is 4.11. The van der Waals surface area contributed by atoms with E-state index in [1.54, 1.807) is 0 Å². The van der Waals surface area contributed by atoms with Gasteiger partial charge in [0.25, 0.3) is 0 Å². The van der Waals surface area contributed by atoms with Crippen LogP contribution in [-0.2, 0) is 13.0 Å². The van der Waals surface area contributed by atoms with Crippen LogP contribution in [0.2, 0.25) is 0 Å². The molecule has 2 aromatic heterocycles. The molecule has 6 heteroatoms. The number of nitrogens with zero attached hydrogens (tertiary/aromatic N) is 4. The van der Waals surface area contributed by atoms with E-state index in [9.17, 15) is 0 Å². The van der Waals surface area contributed by atoms with Crippen LogP contribution < -0.4 is 5.32 Å². The highest BCUT2D eigenvalue weighted by atomic mass is 32.1. The fourth-order valence-corrected chi connectivity index (χ4v) is 2.85. The molecule has 1 atom stereocenters. The summed E-state index contributed by atoms with van der Waals surface area (Å²) in [6, 6.07) is 0.257. The predicted octanol–water partition coefficient (Wildman–Crippen LogP) is 2.35. The fourth-order valence-electron chi connectivity index (χ4n) is 2.13. The van der Waals surface area contributed by atoms with Gasteiger partial charge >= 0.3 is 0 Å². The first-order valence-corrected chi connectivity index (χ1v) is 7.55. The highest BCUT2D eigenvalue weighted by molar-refractivity contribution is 7.05. The Hall–Kier alpha value is -1.27. The molecule has 1 unspecified atom stereocenters. The summed E-state index contributed by atoms with van der Waals surface area (Å²) in [5.41, 5.74) is 1.02. The van der Waals surface area contributed by atoms with Crippen LogP contribution in [0.5, 0.6) is 0 Å². The Morgan fingerprint density at radius 3 is 2.89 bits per heavy atom. The van der Waals surface area contributed by atoms with Crippen molar-refractivity contribution in [3.8, 4) is 0 Å². The lowest BCUT2D eigenvalue weighted by atomic mass is 10.1. The van der Waals surface area contributed by atoms with E-state index in [1.165, 1.54) is 16.4 Å². The van der Waals surface area contributed by atoms with E-state index in [-0.39, 0.29) is 6.04 Å². The molecule has 1 N–H and O–H groups in total. The van der Waals surface area contributed by atoms with E-state index >= 15 is 0 Å². The van der Waals surface area contributed by atoms with Crippen LogP contribution in [0.25, 0.3) is 0 Å². The molecule has 0 saturated carbocycles. The molecule has 5 nitrogen and oxygen atoms in total. The quantitative estimate of drug-likeness (QED) is 0.845. The van der Waals surface area contributed by atoms with Crippen LogP contribution in [-0.4, -0.2) is 25.7 Å². The average molecular weight is 279 g/mol. The summed E-state index contributed by atoms with van der Waals surface area (Å²) in [5, 5.41) is 7.70. The van der Waals surface area contributed by atoms with Gasteiger partial charge in [-0.2, -0.15) is 0 Å². The molecule has 0 bridgehead atoms. The topological polar surface area (TPSA) is 55.6 Å². The Balaban J connectivity index is 2.17. The summed E-state index contributed by atoms with van der Waals surface area (Å²) in [5.74, 6) is 1.11. The molecule has 0 radical (unpaired) electrons. The Morgan fingerprint density at radius 1 is 1.42 bits per heavy atom. The fraction of sp³-hybridized carbons (Fsp3) is 0.615. The highest BCUT2D eigenvalue weighted by Crippen LogP contribution is 2.23. The predicted molar refractivity (Wildman–Crippen MR) is 77.3 cm³/mol. The summed E-state index contributed by atoms with van der Waals surface area (Å²) in [4.78, 5) is 5.68. The van der Waals surface area contributed by atoms with E-state index in [1.807, 2.05) is 19.3 Å². The first kappa shape index (κ1) is 14.1. The lowest BCUT2D eigenvalue weighted by Gasteiger charge is -2.17. The zero-order valence-electron chi connectivity index (χ0n) is 11.8. The van der Waals surface area contributed by atoms with Gasteiger partial charge in [-0.15, -0.1) is 5.10 Å². The molecule has 2 aromatic rings. The van der Waals surface area contributed by atoms with Crippen molar-refractivity contribution >= 4 is 11.5 Å². The molecule has 0 fully saturated rings. The maximum atomic E-state index is 4.46. The van der Waals surface area contributed by atoms with Crippen LogP contribution in [0.15, 0.2) is 12.4 Å². The van der Waals surface area contributed by atoms with Gasteiger partial charge in [0.15, 0.2) is 0 Å².